The van der Waals surface area contributed by atoms with Gasteiger partial charge in [-0.25, -0.2) is 12.7 Å². The van der Waals surface area contributed by atoms with Crippen LogP contribution in [0.4, 0.5) is 11.4 Å². The summed E-state index contributed by atoms with van der Waals surface area (Å²) in [5, 5.41) is 3.03. The van der Waals surface area contributed by atoms with Crippen molar-refractivity contribution in [3.05, 3.63) is 23.8 Å². The van der Waals surface area contributed by atoms with Gasteiger partial charge in [0.15, 0.2) is 0 Å². The van der Waals surface area contributed by atoms with Crippen LogP contribution in [0.3, 0.4) is 0 Å². The Bertz CT molecular complexity index is 798. The highest BCUT2D eigenvalue weighted by molar-refractivity contribution is 7.88. The van der Waals surface area contributed by atoms with Crippen LogP contribution in [0.25, 0.3) is 0 Å². The standard InChI is InChI=1S/C20H32N4O3S/c1-16-14-18(24-10-4-5-11-24)6-7-19(16)21-20(25)15-23-12-8-17(9-13-23)22(2)28(3,26)27/h6-7,14,17H,4-5,8-13,15H2,1-3H3,(H,21,25). The molecule has 0 radical (unpaired) electrons. The maximum atomic E-state index is 12.5. The fourth-order valence-electron chi connectivity index (χ4n) is 4.06. The Morgan fingerprint density at radius 2 is 1.82 bits per heavy atom. The van der Waals surface area contributed by atoms with Crippen molar-refractivity contribution in [3.8, 4) is 0 Å². The number of anilines is 2. The first-order valence-electron chi connectivity index (χ1n) is 10.0. The molecule has 0 bridgehead atoms. The van der Waals surface area contributed by atoms with E-state index < -0.39 is 10.0 Å². The number of carbonyl (C=O) groups excluding carboxylic acids is 1. The van der Waals surface area contributed by atoms with E-state index >= 15 is 0 Å². The van der Waals surface area contributed by atoms with Crippen LogP contribution in [0.5, 0.6) is 0 Å². The van der Waals surface area contributed by atoms with Crippen LogP contribution in [-0.4, -0.2) is 75.6 Å². The molecule has 2 aliphatic heterocycles. The molecule has 1 aromatic carbocycles. The molecular weight excluding hydrogens is 376 g/mol. The number of piperidine rings is 1. The summed E-state index contributed by atoms with van der Waals surface area (Å²) in [7, 11) is -1.53. The Labute approximate surface area is 168 Å². The van der Waals surface area contributed by atoms with E-state index in [0.717, 1.165) is 50.3 Å². The van der Waals surface area contributed by atoms with E-state index in [-0.39, 0.29) is 11.9 Å². The van der Waals surface area contributed by atoms with Crippen molar-refractivity contribution in [2.45, 2.75) is 38.6 Å². The van der Waals surface area contributed by atoms with Gasteiger partial charge >= 0.3 is 0 Å². The number of hydrogen-bond acceptors (Lipinski definition) is 5. The summed E-state index contributed by atoms with van der Waals surface area (Å²) in [5.74, 6) is -0.0214. The highest BCUT2D eigenvalue weighted by Crippen LogP contribution is 2.25. The van der Waals surface area contributed by atoms with Gasteiger partial charge in [-0.3, -0.25) is 9.69 Å². The molecule has 0 aliphatic carbocycles. The van der Waals surface area contributed by atoms with Gasteiger partial charge in [-0.15, -0.1) is 0 Å². The number of rotatable bonds is 6. The van der Waals surface area contributed by atoms with Gasteiger partial charge in [-0.1, -0.05) is 0 Å². The molecule has 0 atom stereocenters. The third-order valence-electron chi connectivity index (χ3n) is 5.92. The van der Waals surface area contributed by atoms with E-state index in [1.54, 1.807) is 7.05 Å². The summed E-state index contributed by atoms with van der Waals surface area (Å²) >= 11 is 0. The molecule has 1 aromatic rings. The molecule has 0 aromatic heterocycles. The zero-order valence-corrected chi connectivity index (χ0v) is 18.0. The second-order valence-electron chi connectivity index (χ2n) is 8.03. The fourth-order valence-corrected chi connectivity index (χ4v) is 4.82. The topological polar surface area (TPSA) is 73.0 Å². The molecule has 0 spiro atoms. The van der Waals surface area contributed by atoms with Crippen LogP contribution in [0.1, 0.15) is 31.2 Å². The third kappa shape index (κ3) is 5.24. The molecule has 1 amide bonds. The first-order chi connectivity index (χ1) is 13.2. The van der Waals surface area contributed by atoms with Crippen LogP contribution >= 0.6 is 0 Å². The summed E-state index contributed by atoms with van der Waals surface area (Å²) < 4.78 is 24.8. The zero-order valence-electron chi connectivity index (χ0n) is 17.1. The van der Waals surface area contributed by atoms with Gasteiger partial charge in [-0.2, -0.15) is 0 Å². The highest BCUT2D eigenvalue weighted by atomic mass is 32.2. The molecule has 2 heterocycles. The molecule has 7 nitrogen and oxygen atoms in total. The molecule has 28 heavy (non-hydrogen) atoms. The lowest BCUT2D eigenvalue weighted by Gasteiger charge is -2.35. The predicted octanol–water partition coefficient (Wildman–Crippen LogP) is 1.89. The normalized spacial score (nSPS) is 19.4. The minimum absolute atomic E-state index is 0.0214. The third-order valence-corrected chi connectivity index (χ3v) is 7.26. The van der Waals surface area contributed by atoms with Gasteiger partial charge < -0.3 is 10.2 Å². The van der Waals surface area contributed by atoms with Crippen LogP contribution in [-0.2, 0) is 14.8 Å². The summed E-state index contributed by atoms with van der Waals surface area (Å²) in [6, 6.07) is 6.25. The van der Waals surface area contributed by atoms with E-state index in [1.807, 2.05) is 13.0 Å². The van der Waals surface area contributed by atoms with Crippen molar-refractivity contribution in [1.82, 2.24) is 9.21 Å². The van der Waals surface area contributed by atoms with Crippen molar-refractivity contribution < 1.29 is 13.2 Å². The molecule has 0 unspecified atom stereocenters. The van der Waals surface area contributed by atoms with E-state index in [0.29, 0.717) is 6.54 Å². The predicted molar refractivity (Wildman–Crippen MR) is 113 cm³/mol. The lowest BCUT2D eigenvalue weighted by Crippen LogP contribution is -2.47. The SMILES string of the molecule is Cc1cc(N2CCCC2)ccc1NC(=O)CN1CCC(N(C)S(C)(=O)=O)CC1. The van der Waals surface area contributed by atoms with Gasteiger partial charge in [0.05, 0.1) is 12.8 Å². The number of carbonyl (C=O) groups is 1. The quantitative estimate of drug-likeness (QED) is 0.778. The van der Waals surface area contributed by atoms with Gasteiger partial charge in [-0.05, 0) is 56.4 Å². The summed E-state index contributed by atoms with van der Waals surface area (Å²) in [5.41, 5.74) is 3.16. The average Bonchev–Trinajstić information content (AvgIpc) is 3.17. The number of hydrogen-bond donors (Lipinski definition) is 1. The van der Waals surface area contributed by atoms with Crippen molar-refractivity contribution in [1.29, 1.82) is 0 Å². The molecular formula is C20H32N4O3S. The first-order valence-corrected chi connectivity index (χ1v) is 11.9. The van der Waals surface area contributed by atoms with Gasteiger partial charge in [0.25, 0.3) is 0 Å². The zero-order chi connectivity index (χ0) is 20.3. The average molecular weight is 409 g/mol. The second kappa shape index (κ2) is 8.80. The number of benzene rings is 1. The Hall–Kier alpha value is -1.64. The maximum Gasteiger partial charge on any atom is 0.238 e. The molecule has 8 heteroatoms. The van der Waals surface area contributed by atoms with Gasteiger partial charge in [0.2, 0.25) is 15.9 Å². The number of nitrogens with one attached hydrogen (secondary N) is 1. The monoisotopic (exact) mass is 408 g/mol. The molecule has 3 rings (SSSR count). The number of nitrogens with zero attached hydrogens (tertiary/aromatic N) is 3. The van der Waals surface area contributed by atoms with Crippen LogP contribution in [0.2, 0.25) is 0 Å². The van der Waals surface area contributed by atoms with Crippen molar-refractivity contribution >= 4 is 27.3 Å². The second-order valence-corrected chi connectivity index (χ2v) is 10.1. The molecule has 0 saturated carbocycles. The van der Waals surface area contributed by atoms with Crippen LogP contribution in [0, 0.1) is 6.92 Å². The van der Waals surface area contributed by atoms with Gasteiger partial charge in [0.1, 0.15) is 0 Å². The molecule has 156 valence electrons. The fraction of sp³-hybridized carbons (Fsp3) is 0.650. The Morgan fingerprint density at radius 3 is 2.39 bits per heavy atom. The first kappa shape index (κ1) is 21.1. The van der Waals surface area contributed by atoms with Crippen molar-refractivity contribution in [2.75, 3.05) is 56.2 Å². The van der Waals surface area contributed by atoms with E-state index in [9.17, 15) is 13.2 Å². The number of aryl methyl sites for hydroxylation is 1. The number of sulfonamides is 1. The largest absolute Gasteiger partial charge is 0.372 e. The lowest BCUT2D eigenvalue weighted by atomic mass is 10.1. The van der Waals surface area contributed by atoms with Crippen LogP contribution < -0.4 is 10.2 Å². The summed E-state index contributed by atoms with van der Waals surface area (Å²) in [6.07, 6.45) is 5.23. The van der Waals surface area contributed by atoms with Crippen LogP contribution in [0.15, 0.2) is 18.2 Å². The lowest BCUT2D eigenvalue weighted by molar-refractivity contribution is -0.117. The van der Waals surface area contributed by atoms with Crippen molar-refractivity contribution in [2.24, 2.45) is 0 Å². The smallest absolute Gasteiger partial charge is 0.238 e. The molecule has 2 saturated heterocycles. The Morgan fingerprint density at radius 1 is 1.18 bits per heavy atom. The maximum absolute atomic E-state index is 12.5. The Kier molecular flexibility index (Phi) is 6.62. The summed E-state index contributed by atoms with van der Waals surface area (Å²) in [6.45, 7) is 6.03. The van der Waals surface area contributed by atoms with E-state index in [4.69, 9.17) is 0 Å². The number of amides is 1. The van der Waals surface area contributed by atoms with Gasteiger partial charge in [0, 0.05) is 50.6 Å². The minimum Gasteiger partial charge on any atom is -0.372 e. The van der Waals surface area contributed by atoms with E-state index in [1.165, 1.54) is 29.1 Å². The minimum atomic E-state index is -3.17. The molecule has 2 aliphatic rings. The van der Waals surface area contributed by atoms with Crippen molar-refractivity contribution in [3.63, 3.8) is 0 Å². The van der Waals surface area contributed by atoms with E-state index in [2.05, 4.69) is 27.2 Å². The summed E-state index contributed by atoms with van der Waals surface area (Å²) in [4.78, 5) is 17.0. The highest BCUT2D eigenvalue weighted by Gasteiger charge is 2.27. The number of likely N-dealkylation sites (tertiary alicyclic amines) is 1. The Balaban J connectivity index is 1.50. The molecule has 1 N–H and O–H groups in total. The molecule has 2 fully saturated rings.